The van der Waals surface area contributed by atoms with Crippen molar-refractivity contribution in [3.05, 3.63) is 54.1 Å². The number of rotatable bonds is 6. The molecule has 0 atom stereocenters. The van der Waals surface area contributed by atoms with Crippen LogP contribution in [0, 0.1) is 0 Å². The first-order valence-corrected chi connectivity index (χ1v) is 7.02. The molecular formula is C17H18N2O4. The second kappa shape index (κ2) is 7.84. The number of carbonyl (C=O) groups is 2. The summed E-state index contributed by atoms with van der Waals surface area (Å²) in [6, 6.07) is 13.7. The smallest absolute Gasteiger partial charge is 0.262 e. The van der Waals surface area contributed by atoms with Gasteiger partial charge in [-0.15, -0.1) is 0 Å². The van der Waals surface area contributed by atoms with Gasteiger partial charge in [0.05, 0.1) is 7.11 Å². The summed E-state index contributed by atoms with van der Waals surface area (Å²) in [5.41, 5.74) is 0.996. The van der Waals surface area contributed by atoms with E-state index >= 15 is 0 Å². The number of methoxy groups -OCH3 is 1. The van der Waals surface area contributed by atoms with E-state index in [1.807, 2.05) is 6.07 Å². The van der Waals surface area contributed by atoms with Crippen molar-refractivity contribution in [2.75, 3.05) is 26.1 Å². The van der Waals surface area contributed by atoms with Crippen LogP contribution in [0.1, 0.15) is 10.4 Å². The third-order valence-electron chi connectivity index (χ3n) is 3.06. The Hall–Kier alpha value is -3.02. The second-order valence-corrected chi connectivity index (χ2v) is 4.65. The number of anilines is 1. The van der Waals surface area contributed by atoms with Gasteiger partial charge >= 0.3 is 0 Å². The van der Waals surface area contributed by atoms with E-state index in [1.54, 1.807) is 49.5 Å². The quantitative estimate of drug-likeness (QED) is 0.856. The molecule has 2 aromatic carbocycles. The maximum absolute atomic E-state index is 12.0. The summed E-state index contributed by atoms with van der Waals surface area (Å²) in [6.45, 7) is -0.162. The molecule has 0 heterocycles. The molecule has 0 aliphatic rings. The predicted octanol–water partition coefficient (Wildman–Crippen LogP) is 2.07. The molecule has 6 nitrogen and oxygen atoms in total. The van der Waals surface area contributed by atoms with Crippen LogP contribution in [0.25, 0.3) is 0 Å². The molecule has 2 rings (SSSR count). The molecule has 0 spiro atoms. The summed E-state index contributed by atoms with van der Waals surface area (Å²) in [7, 11) is 3.08. The first-order valence-electron chi connectivity index (χ1n) is 7.02. The second-order valence-electron chi connectivity index (χ2n) is 4.65. The van der Waals surface area contributed by atoms with E-state index in [0.29, 0.717) is 22.7 Å². The Morgan fingerprint density at radius 2 is 1.78 bits per heavy atom. The van der Waals surface area contributed by atoms with Crippen molar-refractivity contribution < 1.29 is 19.1 Å². The van der Waals surface area contributed by atoms with E-state index in [0.717, 1.165) is 0 Å². The van der Waals surface area contributed by atoms with Crippen molar-refractivity contribution in [3.63, 3.8) is 0 Å². The predicted molar refractivity (Wildman–Crippen MR) is 87.0 cm³/mol. The topological polar surface area (TPSA) is 76.7 Å². The summed E-state index contributed by atoms with van der Waals surface area (Å²) in [4.78, 5) is 23.5. The maximum atomic E-state index is 12.0. The molecule has 0 saturated carbocycles. The number of nitrogens with one attached hydrogen (secondary N) is 2. The zero-order valence-electron chi connectivity index (χ0n) is 13.0. The highest BCUT2D eigenvalue weighted by Crippen LogP contribution is 2.25. The van der Waals surface area contributed by atoms with Crippen LogP contribution >= 0.6 is 0 Å². The molecule has 120 valence electrons. The van der Waals surface area contributed by atoms with Crippen LogP contribution in [0.2, 0.25) is 0 Å². The Morgan fingerprint density at radius 1 is 1.04 bits per heavy atom. The molecule has 0 fully saturated rings. The van der Waals surface area contributed by atoms with Crippen LogP contribution in [0.3, 0.4) is 0 Å². The fraction of sp³-hybridized carbons (Fsp3) is 0.176. The van der Waals surface area contributed by atoms with Crippen molar-refractivity contribution in [2.24, 2.45) is 0 Å². The summed E-state index contributed by atoms with van der Waals surface area (Å²) in [5, 5.41) is 5.22. The minimum atomic E-state index is -0.329. The van der Waals surface area contributed by atoms with Gasteiger partial charge < -0.3 is 20.1 Å². The molecule has 0 aliphatic carbocycles. The minimum absolute atomic E-state index is 0.162. The zero-order chi connectivity index (χ0) is 16.7. The fourth-order valence-electron chi connectivity index (χ4n) is 1.96. The van der Waals surface area contributed by atoms with Crippen molar-refractivity contribution in [2.45, 2.75) is 0 Å². The molecule has 23 heavy (non-hydrogen) atoms. The Balaban J connectivity index is 1.96. The van der Waals surface area contributed by atoms with Gasteiger partial charge in [-0.05, 0) is 30.3 Å². The van der Waals surface area contributed by atoms with Gasteiger partial charge in [-0.25, -0.2) is 0 Å². The van der Waals surface area contributed by atoms with Crippen LogP contribution in [-0.2, 0) is 4.79 Å². The molecular weight excluding hydrogens is 296 g/mol. The van der Waals surface area contributed by atoms with Gasteiger partial charge in [-0.1, -0.05) is 18.2 Å². The van der Waals surface area contributed by atoms with Gasteiger partial charge in [0.2, 0.25) is 0 Å². The lowest BCUT2D eigenvalue weighted by Gasteiger charge is -2.11. The number of ether oxygens (including phenoxy) is 2. The highest BCUT2D eigenvalue weighted by Gasteiger charge is 2.09. The summed E-state index contributed by atoms with van der Waals surface area (Å²) >= 11 is 0. The molecule has 0 radical (unpaired) electrons. The van der Waals surface area contributed by atoms with Crippen LogP contribution < -0.4 is 20.1 Å². The molecule has 2 N–H and O–H groups in total. The Kier molecular flexibility index (Phi) is 5.57. The molecule has 2 aromatic rings. The van der Waals surface area contributed by atoms with Gasteiger partial charge in [-0.3, -0.25) is 9.59 Å². The lowest BCUT2D eigenvalue weighted by Crippen LogP contribution is -2.21. The van der Waals surface area contributed by atoms with Crippen LogP contribution in [0.4, 0.5) is 5.69 Å². The molecule has 0 aliphatic heterocycles. The maximum Gasteiger partial charge on any atom is 0.262 e. The molecule has 0 saturated heterocycles. The Morgan fingerprint density at radius 3 is 2.48 bits per heavy atom. The fourth-order valence-corrected chi connectivity index (χ4v) is 1.96. The number of hydrogen-bond acceptors (Lipinski definition) is 4. The lowest BCUT2D eigenvalue weighted by atomic mass is 10.2. The third kappa shape index (κ3) is 4.47. The van der Waals surface area contributed by atoms with Crippen molar-refractivity contribution in [3.8, 4) is 11.5 Å². The first kappa shape index (κ1) is 16.4. The number of para-hydroxylation sites is 2. The van der Waals surface area contributed by atoms with Crippen molar-refractivity contribution in [1.82, 2.24) is 5.32 Å². The van der Waals surface area contributed by atoms with E-state index < -0.39 is 0 Å². The molecule has 6 heteroatoms. The summed E-state index contributed by atoms with van der Waals surface area (Å²) in [6.07, 6.45) is 0. The standard InChI is InChI=1S/C17H18N2O4/c1-18-17(21)12-6-5-7-13(10-12)19-16(20)11-23-15-9-4-3-8-14(15)22-2/h3-10H,11H2,1-2H3,(H,18,21)(H,19,20). The van der Waals surface area contributed by atoms with E-state index in [9.17, 15) is 9.59 Å². The highest BCUT2D eigenvalue weighted by atomic mass is 16.5. The number of amides is 2. The average molecular weight is 314 g/mol. The summed E-state index contributed by atoms with van der Waals surface area (Å²) in [5.74, 6) is 0.502. The van der Waals surface area contributed by atoms with E-state index in [-0.39, 0.29) is 18.4 Å². The van der Waals surface area contributed by atoms with Gasteiger partial charge in [0.25, 0.3) is 11.8 Å². The highest BCUT2D eigenvalue weighted by molar-refractivity contribution is 5.97. The van der Waals surface area contributed by atoms with Crippen molar-refractivity contribution >= 4 is 17.5 Å². The van der Waals surface area contributed by atoms with Gasteiger partial charge in [0.15, 0.2) is 18.1 Å². The Bertz CT molecular complexity index is 700. The SMILES string of the molecule is CNC(=O)c1cccc(NC(=O)COc2ccccc2OC)c1. The minimum Gasteiger partial charge on any atom is -0.493 e. The Labute approximate surface area is 134 Å². The number of benzene rings is 2. The van der Waals surface area contributed by atoms with Crippen LogP contribution in [-0.4, -0.2) is 32.6 Å². The van der Waals surface area contributed by atoms with Gasteiger partial charge in [-0.2, -0.15) is 0 Å². The molecule has 2 amide bonds. The third-order valence-corrected chi connectivity index (χ3v) is 3.06. The average Bonchev–Trinajstić information content (AvgIpc) is 2.59. The van der Waals surface area contributed by atoms with Crippen LogP contribution in [0.5, 0.6) is 11.5 Å². The molecule has 0 unspecified atom stereocenters. The monoisotopic (exact) mass is 314 g/mol. The lowest BCUT2D eigenvalue weighted by molar-refractivity contribution is -0.118. The number of hydrogen-bond donors (Lipinski definition) is 2. The van der Waals surface area contributed by atoms with E-state index in [4.69, 9.17) is 9.47 Å². The largest absolute Gasteiger partial charge is 0.493 e. The van der Waals surface area contributed by atoms with E-state index in [2.05, 4.69) is 10.6 Å². The van der Waals surface area contributed by atoms with Gasteiger partial charge in [0.1, 0.15) is 0 Å². The normalized spacial score (nSPS) is 9.83. The first-order chi connectivity index (χ1) is 11.1. The number of carbonyl (C=O) groups excluding carboxylic acids is 2. The van der Waals surface area contributed by atoms with Crippen LogP contribution in [0.15, 0.2) is 48.5 Å². The van der Waals surface area contributed by atoms with Gasteiger partial charge in [0, 0.05) is 18.3 Å². The molecule has 0 bridgehead atoms. The zero-order valence-corrected chi connectivity index (χ0v) is 13.0. The van der Waals surface area contributed by atoms with Crippen molar-refractivity contribution in [1.29, 1.82) is 0 Å². The van der Waals surface area contributed by atoms with E-state index in [1.165, 1.54) is 7.11 Å². The molecule has 0 aromatic heterocycles. The summed E-state index contributed by atoms with van der Waals surface area (Å²) < 4.78 is 10.6.